The van der Waals surface area contributed by atoms with Crippen LogP contribution >= 0.6 is 0 Å². The maximum atomic E-state index is 12.1. The summed E-state index contributed by atoms with van der Waals surface area (Å²) in [5.41, 5.74) is 5.88. The first-order valence-corrected chi connectivity index (χ1v) is 5.35. The summed E-state index contributed by atoms with van der Waals surface area (Å²) < 4.78 is 4.88. The Labute approximate surface area is 99.7 Å². The number of hydrogen-bond donors (Lipinski definition) is 2. The number of carbonyl (C=O) groups is 1. The van der Waals surface area contributed by atoms with Gasteiger partial charge in [0.2, 0.25) is 0 Å². The minimum atomic E-state index is -0.125. The molecule has 0 saturated carbocycles. The number of amidine groups is 1. The molecule has 94 valence electrons. The summed E-state index contributed by atoms with van der Waals surface area (Å²) >= 11 is 0. The van der Waals surface area contributed by atoms with Crippen LogP contribution in [-0.2, 0) is 0 Å². The largest absolute Gasteiger partial charge is 0.472 e. The number of nitrogens with zero attached hydrogens (tertiary/aromatic N) is 2. The van der Waals surface area contributed by atoms with E-state index in [1.165, 1.54) is 12.5 Å². The normalized spacial score (nSPS) is 11.8. The fourth-order valence-corrected chi connectivity index (χ4v) is 1.43. The molecule has 1 rings (SSSR count). The number of rotatable bonds is 5. The molecule has 1 amide bonds. The smallest absolute Gasteiger partial charge is 0.257 e. The summed E-state index contributed by atoms with van der Waals surface area (Å²) in [6.07, 6.45) is 3.19. The average molecular weight is 239 g/mol. The Hall–Kier alpha value is -1.98. The standard InChI is InChI=1S/C11H17N3O3/c1-8(2)14(5-3-10(12)13-16)11(15)9-4-6-17-7-9/h4,6-8,16H,3,5H2,1-2H3,(H2,12,13). The van der Waals surface area contributed by atoms with E-state index in [2.05, 4.69) is 5.16 Å². The van der Waals surface area contributed by atoms with Gasteiger partial charge in [-0.15, -0.1) is 0 Å². The van der Waals surface area contributed by atoms with Gasteiger partial charge in [0.15, 0.2) is 0 Å². The third-order valence-electron chi connectivity index (χ3n) is 2.39. The van der Waals surface area contributed by atoms with E-state index in [0.29, 0.717) is 18.5 Å². The summed E-state index contributed by atoms with van der Waals surface area (Å²) in [6, 6.07) is 1.64. The van der Waals surface area contributed by atoms with E-state index in [9.17, 15) is 4.79 Å². The van der Waals surface area contributed by atoms with Crippen molar-refractivity contribution in [3.63, 3.8) is 0 Å². The van der Waals surface area contributed by atoms with Gasteiger partial charge in [0.1, 0.15) is 12.1 Å². The quantitative estimate of drug-likeness (QED) is 0.350. The summed E-state index contributed by atoms with van der Waals surface area (Å²) in [6.45, 7) is 4.21. The van der Waals surface area contributed by atoms with Crippen LogP contribution < -0.4 is 5.73 Å². The van der Waals surface area contributed by atoms with Crippen molar-refractivity contribution in [3.05, 3.63) is 24.2 Å². The first-order chi connectivity index (χ1) is 8.06. The van der Waals surface area contributed by atoms with Crippen LogP contribution in [0.15, 0.2) is 28.2 Å². The summed E-state index contributed by atoms with van der Waals surface area (Å²) in [4.78, 5) is 13.7. The highest BCUT2D eigenvalue weighted by molar-refractivity contribution is 5.94. The maximum absolute atomic E-state index is 12.1. The zero-order valence-electron chi connectivity index (χ0n) is 9.96. The van der Waals surface area contributed by atoms with Crippen LogP contribution in [0.4, 0.5) is 0 Å². The van der Waals surface area contributed by atoms with Crippen LogP contribution in [0.1, 0.15) is 30.6 Å². The summed E-state index contributed by atoms with van der Waals surface area (Å²) in [5, 5.41) is 11.3. The number of oxime groups is 1. The van der Waals surface area contributed by atoms with Gasteiger partial charge in [-0.25, -0.2) is 0 Å². The van der Waals surface area contributed by atoms with Crippen molar-refractivity contribution in [1.29, 1.82) is 0 Å². The molecular formula is C11H17N3O3. The highest BCUT2D eigenvalue weighted by Crippen LogP contribution is 2.09. The Morgan fingerprint density at radius 2 is 2.35 bits per heavy atom. The van der Waals surface area contributed by atoms with E-state index in [1.54, 1.807) is 11.0 Å². The van der Waals surface area contributed by atoms with Crippen molar-refractivity contribution in [3.8, 4) is 0 Å². The fraction of sp³-hybridized carbons (Fsp3) is 0.455. The lowest BCUT2D eigenvalue weighted by molar-refractivity contribution is 0.0710. The molecule has 6 nitrogen and oxygen atoms in total. The molecule has 0 bridgehead atoms. The molecule has 0 fully saturated rings. The highest BCUT2D eigenvalue weighted by atomic mass is 16.4. The van der Waals surface area contributed by atoms with Gasteiger partial charge in [-0.05, 0) is 19.9 Å². The van der Waals surface area contributed by atoms with Crippen molar-refractivity contribution >= 4 is 11.7 Å². The van der Waals surface area contributed by atoms with E-state index >= 15 is 0 Å². The molecule has 0 aliphatic rings. The number of nitrogens with two attached hydrogens (primary N) is 1. The van der Waals surface area contributed by atoms with Crippen LogP contribution in [0.2, 0.25) is 0 Å². The molecule has 1 heterocycles. The van der Waals surface area contributed by atoms with E-state index in [-0.39, 0.29) is 17.8 Å². The Balaban J connectivity index is 2.70. The second kappa shape index (κ2) is 5.93. The predicted octanol–water partition coefficient (Wildman–Crippen LogP) is 1.27. The molecule has 1 aromatic heterocycles. The minimum absolute atomic E-state index is 0.0314. The summed E-state index contributed by atoms with van der Waals surface area (Å²) in [5.74, 6) is -0.0184. The molecule has 6 heteroatoms. The van der Waals surface area contributed by atoms with Gasteiger partial charge in [-0.1, -0.05) is 5.16 Å². The zero-order chi connectivity index (χ0) is 12.8. The number of carbonyl (C=O) groups excluding carboxylic acids is 1. The van der Waals surface area contributed by atoms with E-state index < -0.39 is 0 Å². The third-order valence-corrected chi connectivity index (χ3v) is 2.39. The molecule has 0 saturated heterocycles. The monoisotopic (exact) mass is 239 g/mol. The number of furan rings is 1. The Morgan fingerprint density at radius 3 is 2.82 bits per heavy atom. The first kappa shape index (κ1) is 13.1. The van der Waals surface area contributed by atoms with Gasteiger partial charge in [-0.3, -0.25) is 4.79 Å². The zero-order valence-corrected chi connectivity index (χ0v) is 9.96. The topological polar surface area (TPSA) is 92.1 Å². The fourth-order valence-electron chi connectivity index (χ4n) is 1.43. The van der Waals surface area contributed by atoms with Gasteiger partial charge in [0.05, 0.1) is 11.8 Å². The van der Waals surface area contributed by atoms with E-state index in [0.717, 1.165) is 0 Å². The molecular weight excluding hydrogens is 222 g/mol. The highest BCUT2D eigenvalue weighted by Gasteiger charge is 2.19. The molecule has 0 unspecified atom stereocenters. The lowest BCUT2D eigenvalue weighted by Gasteiger charge is -2.26. The van der Waals surface area contributed by atoms with Crippen molar-refractivity contribution < 1.29 is 14.4 Å². The molecule has 0 aromatic carbocycles. The maximum Gasteiger partial charge on any atom is 0.257 e. The third kappa shape index (κ3) is 3.51. The van der Waals surface area contributed by atoms with Gasteiger partial charge in [0.25, 0.3) is 5.91 Å². The minimum Gasteiger partial charge on any atom is -0.472 e. The number of amides is 1. The second-order valence-corrected chi connectivity index (χ2v) is 3.95. The van der Waals surface area contributed by atoms with Gasteiger partial charge < -0.3 is 20.3 Å². The molecule has 17 heavy (non-hydrogen) atoms. The second-order valence-electron chi connectivity index (χ2n) is 3.95. The van der Waals surface area contributed by atoms with Crippen molar-refractivity contribution in [2.45, 2.75) is 26.3 Å². The predicted molar refractivity (Wildman–Crippen MR) is 62.9 cm³/mol. The molecule has 0 radical (unpaired) electrons. The van der Waals surface area contributed by atoms with Gasteiger partial charge >= 0.3 is 0 Å². The SMILES string of the molecule is CC(C)N(CC/C(N)=N/O)C(=O)c1ccoc1. The van der Waals surface area contributed by atoms with Gasteiger partial charge in [-0.2, -0.15) is 0 Å². The first-order valence-electron chi connectivity index (χ1n) is 5.35. The van der Waals surface area contributed by atoms with Crippen molar-refractivity contribution in [2.75, 3.05) is 6.54 Å². The Bertz CT molecular complexity index is 385. The molecule has 0 aliphatic heterocycles. The lowest BCUT2D eigenvalue weighted by atomic mass is 10.2. The molecule has 0 aliphatic carbocycles. The van der Waals surface area contributed by atoms with Crippen molar-refractivity contribution in [1.82, 2.24) is 4.90 Å². The van der Waals surface area contributed by atoms with E-state index in [1.807, 2.05) is 13.8 Å². The van der Waals surface area contributed by atoms with Gasteiger partial charge in [0, 0.05) is 19.0 Å². The van der Waals surface area contributed by atoms with Crippen LogP contribution in [0.25, 0.3) is 0 Å². The molecule has 0 spiro atoms. The Kier molecular flexibility index (Phi) is 4.56. The molecule has 0 atom stereocenters. The van der Waals surface area contributed by atoms with Crippen LogP contribution in [0, 0.1) is 0 Å². The molecule has 1 aromatic rings. The van der Waals surface area contributed by atoms with Crippen LogP contribution in [-0.4, -0.2) is 34.4 Å². The van der Waals surface area contributed by atoms with Crippen LogP contribution in [0.5, 0.6) is 0 Å². The van der Waals surface area contributed by atoms with Crippen molar-refractivity contribution in [2.24, 2.45) is 10.9 Å². The lowest BCUT2D eigenvalue weighted by Crippen LogP contribution is -2.39. The average Bonchev–Trinajstić information content (AvgIpc) is 2.81. The number of hydrogen-bond acceptors (Lipinski definition) is 4. The summed E-state index contributed by atoms with van der Waals surface area (Å²) in [7, 11) is 0. The Morgan fingerprint density at radius 1 is 1.65 bits per heavy atom. The van der Waals surface area contributed by atoms with Crippen LogP contribution in [0.3, 0.4) is 0 Å². The molecule has 3 N–H and O–H groups in total. The van der Waals surface area contributed by atoms with E-state index in [4.69, 9.17) is 15.4 Å².